The molecule has 0 aliphatic carbocycles. The third-order valence-corrected chi connectivity index (χ3v) is 5.08. The molecule has 2 heteroatoms. The molecular weight excluding hydrogens is 338 g/mol. The summed E-state index contributed by atoms with van der Waals surface area (Å²) in [4.78, 5) is 0. The monoisotopic (exact) mass is 381 g/mol. The fourth-order valence-corrected chi connectivity index (χ4v) is 3.63. The van der Waals surface area contributed by atoms with E-state index in [9.17, 15) is 0 Å². The predicted molar refractivity (Wildman–Crippen MR) is 122 cm³/mol. The maximum atomic E-state index is 3.57. The number of nitrogens with one attached hydrogen (secondary N) is 1. The van der Waals surface area contributed by atoms with Crippen LogP contribution in [0.4, 0.5) is 5.69 Å². The highest BCUT2D eigenvalue weighted by molar-refractivity contribution is 5.85. The number of unbranched alkanes of at least 4 members (excludes halogenated alkanes) is 13. The molecule has 0 aliphatic rings. The molecule has 0 heterocycles. The highest BCUT2D eigenvalue weighted by Crippen LogP contribution is 2.15. The maximum absolute atomic E-state index is 3.57. The van der Waals surface area contributed by atoms with Crippen molar-refractivity contribution in [3.05, 3.63) is 29.3 Å². The average molecular weight is 382 g/mol. The van der Waals surface area contributed by atoms with Crippen LogP contribution in [0.5, 0.6) is 0 Å². The first-order valence-electron chi connectivity index (χ1n) is 11.0. The van der Waals surface area contributed by atoms with E-state index in [0.29, 0.717) is 0 Å². The van der Waals surface area contributed by atoms with E-state index in [2.05, 4.69) is 44.3 Å². The van der Waals surface area contributed by atoms with Gasteiger partial charge in [0.25, 0.3) is 0 Å². The number of halogens is 1. The highest BCUT2D eigenvalue weighted by Gasteiger charge is 1.96. The highest BCUT2D eigenvalue weighted by atomic mass is 35.5. The second kappa shape index (κ2) is 17.7. The lowest BCUT2D eigenvalue weighted by Gasteiger charge is -2.08. The van der Waals surface area contributed by atoms with Gasteiger partial charge in [0.2, 0.25) is 0 Å². The number of hydrogen-bond donors (Lipinski definition) is 1. The molecule has 1 aromatic carbocycles. The summed E-state index contributed by atoms with van der Waals surface area (Å²) in [6.07, 6.45) is 20.0. The fourth-order valence-electron chi connectivity index (χ4n) is 3.63. The second-order valence-corrected chi connectivity index (χ2v) is 7.90. The first-order valence-corrected chi connectivity index (χ1v) is 11.0. The van der Waals surface area contributed by atoms with Crippen LogP contribution in [-0.4, -0.2) is 6.54 Å². The second-order valence-electron chi connectivity index (χ2n) is 7.90. The van der Waals surface area contributed by atoms with Crippen LogP contribution in [0.1, 0.15) is 108 Å². The van der Waals surface area contributed by atoms with Crippen LogP contribution in [0.3, 0.4) is 0 Å². The van der Waals surface area contributed by atoms with Gasteiger partial charge >= 0.3 is 0 Å². The Morgan fingerprint density at radius 3 is 1.38 bits per heavy atom. The third kappa shape index (κ3) is 14.5. The zero-order valence-electron chi connectivity index (χ0n) is 17.7. The molecule has 1 nitrogen and oxygen atoms in total. The van der Waals surface area contributed by atoms with E-state index >= 15 is 0 Å². The summed E-state index contributed by atoms with van der Waals surface area (Å²) >= 11 is 0. The molecule has 26 heavy (non-hydrogen) atoms. The Morgan fingerprint density at radius 2 is 0.962 bits per heavy atom. The quantitative estimate of drug-likeness (QED) is 0.282. The Kier molecular flexibility index (Phi) is 17.2. The van der Waals surface area contributed by atoms with E-state index < -0.39 is 0 Å². The average Bonchev–Trinajstić information content (AvgIpc) is 2.57. The SMILES string of the molecule is CCCCCCCCCCCCCCCCNc1cc(C)cc(C)c1.Cl. The van der Waals surface area contributed by atoms with Gasteiger partial charge in [0.05, 0.1) is 0 Å². The van der Waals surface area contributed by atoms with Crippen LogP contribution >= 0.6 is 12.4 Å². The van der Waals surface area contributed by atoms with Gasteiger partial charge in [0, 0.05) is 12.2 Å². The van der Waals surface area contributed by atoms with Gasteiger partial charge < -0.3 is 5.32 Å². The van der Waals surface area contributed by atoms with Crippen molar-refractivity contribution in [1.29, 1.82) is 0 Å². The van der Waals surface area contributed by atoms with Crippen molar-refractivity contribution in [2.24, 2.45) is 0 Å². The van der Waals surface area contributed by atoms with E-state index in [0.717, 1.165) is 6.54 Å². The van der Waals surface area contributed by atoms with Crippen LogP contribution in [-0.2, 0) is 0 Å². The molecule has 0 radical (unpaired) electrons. The molecule has 1 rings (SSSR count). The van der Waals surface area contributed by atoms with Crippen LogP contribution in [0.15, 0.2) is 18.2 Å². The summed E-state index contributed by atoms with van der Waals surface area (Å²) in [7, 11) is 0. The molecule has 1 N–H and O–H groups in total. The van der Waals surface area contributed by atoms with E-state index in [-0.39, 0.29) is 12.4 Å². The van der Waals surface area contributed by atoms with Gasteiger partial charge in [-0.25, -0.2) is 0 Å². The standard InChI is InChI=1S/C24H43N.ClH/c1-4-5-6-7-8-9-10-11-12-13-14-15-16-17-18-25-24-20-22(2)19-23(3)21-24;/h19-21,25H,4-18H2,1-3H3;1H. The molecule has 0 unspecified atom stereocenters. The number of anilines is 1. The number of benzene rings is 1. The van der Waals surface area contributed by atoms with Crippen molar-refractivity contribution in [2.45, 2.75) is 111 Å². The van der Waals surface area contributed by atoms with E-state index in [4.69, 9.17) is 0 Å². The molecule has 152 valence electrons. The molecule has 0 spiro atoms. The Hall–Kier alpha value is -0.690. The molecule has 0 saturated carbocycles. The zero-order chi connectivity index (χ0) is 18.2. The van der Waals surface area contributed by atoms with Crippen LogP contribution in [0.25, 0.3) is 0 Å². The van der Waals surface area contributed by atoms with Gasteiger partial charge in [-0.15, -0.1) is 12.4 Å². The molecule has 0 amide bonds. The summed E-state index contributed by atoms with van der Waals surface area (Å²) in [5.74, 6) is 0. The smallest absolute Gasteiger partial charge is 0.0345 e. The minimum absolute atomic E-state index is 0. The van der Waals surface area contributed by atoms with Crippen molar-refractivity contribution in [2.75, 3.05) is 11.9 Å². The Bertz CT molecular complexity index is 410. The molecular formula is C24H44ClN. The first-order chi connectivity index (χ1) is 12.2. The van der Waals surface area contributed by atoms with Crippen molar-refractivity contribution in [3.8, 4) is 0 Å². The van der Waals surface area contributed by atoms with E-state index in [1.807, 2.05) is 0 Å². The normalized spacial score (nSPS) is 10.6. The largest absolute Gasteiger partial charge is 0.385 e. The summed E-state index contributed by atoms with van der Waals surface area (Å²) in [5.41, 5.74) is 3.99. The molecule has 0 aliphatic heterocycles. The molecule has 0 fully saturated rings. The lowest BCUT2D eigenvalue weighted by molar-refractivity contribution is 0.537. The lowest BCUT2D eigenvalue weighted by Crippen LogP contribution is -2.01. The van der Waals surface area contributed by atoms with Crippen molar-refractivity contribution < 1.29 is 0 Å². The van der Waals surface area contributed by atoms with Gasteiger partial charge in [-0.2, -0.15) is 0 Å². The summed E-state index contributed by atoms with van der Waals surface area (Å²) < 4.78 is 0. The number of hydrogen-bond acceptors (Lipinski definition) is 1. The fraction of sp³-hybridized carbons (Fsp3) is 0.750. The molecule has 1 aromatic rings. The van der Waals surface area contributed by atoms with E-state index in [1.165, 1.54) is 107 Å². The summed E-state index contributed by atoms with van der Waals surface area (Å²) in [6.45, 7) is 7.75. The van der Waals surface area contributed by atoms with Crippen LogP contribution in [0.2, 0.25) is 0 Å². The maximum Gasteiger partial charge on any atom is 0.0345 e. The summed E-state index contributed by atoms with van der Waals surface area (Å²) in [6, 6.07) is 6.73. The van der Waals surface area contributed by atoms with E-state index in [1.54, 1.807) is 0 Å². The first kappa shape index (κ1) is 25.3. The third-order valence-electron chi connectivity index (χ3n) is 5.08. The molecule has 0 bridgehead atoms. The number of aryl methyl sites for hydroxylation is 2. The molecule has 0 aromatic heterocycles. The van der Waals surface area contributed by atoms with Gasteiger partial charge in [-0.1, -0.05) is 96.5 Å². The minimum Gasteiger partial charge on any atom is -0.385 e. The van der Waals surface area contributed by atoms with Gasteiger partial charge in [0.15, 0.2) is 0 Å². The summed E-state index contributed by atoms with van der Waals surface area (Å²) in [5, 5.41) is 3.57. The topological polar surface area (TPSA) is 12.0 Å². The lowest BCUT2D eigenvalue weighted by atomic mass is 10.0. The molecule has 0 saturated heterocycles. The van der Waals surface area contributed by atoms with Gasteiger partial charge in [-0.3, -0.25) is 0 Å². The Morgan fingerprint density at radius 1 is 0.577 bits per heavy atom. The Balaban J connectivity index is 0.00000625. The van der Waals surface area contributed by atoms with Crippen LogP contribution < -0.4 is 5.32 Å². The van der Waals surface area contributed by atoms with Gasteiger partial charge in [-0.05, 0) is 43.5 Å². The number of rotatable bonds is 16. The van der Waals surface area contributed by atoms with Gasteiger partial charge in [0.1, 0.15) is 0 Å². The molecule has 0 atom stereocenters. The predicted octanol–water partition coefficient (Wildman–Crippen LogP) is 8.62. The minimum atomic E-state index is 0. The Labute approximate surface area is 170 Å². The zero-order valence-corrected chi connectivity index (χ0v) is 18.6. The van der Waals surface area contributed by atoms with Crippen molar-refractivity contribution in [1.82, 2.24) is 0 Å². The van der Waals surface area contributed by atoms with Crippen molar-refractivity contribution in [3.63, 3.8) is 0 Å². The van der Waals surface area contributed by atoms with Crippen molar-refractivity contribution >= 4 is 18.1 Å². The van der Waals surface area contributed by atoms with Crippen LogP contribution in [0, 0.1) is 13.8 Å².